The molecule has 0 aliphatic carbocycles. The molecular weight excluding hydrogens is 421 g/mol. The molecule has 0 amide bonds. The summed E-state index contributed by atoms with van der Waals surface area (Å²) in [7, 11) is -0.911. The molecule has 4 aromatic carbocycles. The Bertz CT molecular complexity index is 1110. The first kappa shape index (κ1) is 21.7. The molecule has 0 aliphatic rings. The molecule has 3 nitrogen and oxygen atoms in total. The minimum Gasteiger partial charge on any atom is -0.491 e. The molecule has 0 N–H and O–H groups in total. The lowest BCUT2D eigenvalue weighted by atomic mass is 10.2. The predicted molar refractivity (Wildman–Crippen MR) is 128 cm³/mol. The molecule has 0 saturated heterocycles. The number of carbonyl (C=O) groups is 1. The molecule has 0 heterocycles. The first-order valence-electron chi connectivity index (χ1n) is 10.3. The molecule has 5 heteroatoms. The van der Waals surface area contributed by atoms with Gasteiger partial charge >= 0.3 is 5.97 Å². The zero-order chi connectivity index (χ0) is 22.2. The third kappa shape index (κ3) is 5.22. The first-order valence-corrected chi connectivity index (χ1v) is 11.6. The van der Waals surface area contributed by atoms with E-state index in [1.54, 1.807) is 24.3 Å². The highest BCUT2D eigenvalue weighted by molar-refractivity contribution is 7.80. The van der Waals surface area contributed by atoms with Crippen LogP contribution in [0.4, 0.5) is 4.39 Å². The summed E-state index contributed by atoms with van der Waals surface area (Å²) in [5.74, 6) is 0.593. The Morgan fingerprint density at radius 1 is 0.719 bits per heavy atom. The number of ether oxygens (including phenoxy) is 2. The van der Waals surface area contributed by atoms with Gasteiger partial charge in [0.15, 0.2) is 0 Å². The second-order valence-electron chi connectivity index (χ2n) is 6.93. The van der Waals surface area contributed by atoms with Crippen LogP contribution in [0.25, 0.3) is 0 Å². The summed E-state index contributed by atoms with van der Waals surface area (Å²) in [5, 5.41) is 3.31. The largest absolute Gasteiger partial charge is 0.491 e. The second kappa shape index (κ2) is 10.7. The number of alkyl halides is 1. The number of esters is 1. The van der Waals surface area contributed by atoms with E-state index in [2.05, 4.69) is 24.3 Å². The van der Waals surface area contributed by atoms with E-state index in [1.165, 1.54) is 10.6 Å². The third-order valence-corrected chi connectivity index (χ3v) is 7.25. The molecule has 0 saturated carbocycles. The van der Waals surface area contributed by atoms with E-state index >= 15 is 0 Å². The summed E-state index contributed by atoms with van der Waals surface area (Å²) in [6.45, 7) is -0.577. The normalized spacial score (nSPS) is 10.7. The van der Waals surface area contributed by atoms with Crippen LogP contribution in [0.5, 0.6) is 11.5 Å². The second-order valence-corrected chi connectivity index (χ2v) is 9.11. The molecule has 0 unspecified atom stereocenters. The van der Waals surface area contributed by atoms with Gasteiger partial charge in [-0.1, -0.05) is 78.9 Å². The maximum absolute atomic E-state index is 12.9. The molecule has 4 rings (SSSR count). The van der Waals surface area contributed by atoms with Gasteiger partial charge < -0.3 is 9.47 Å². The van der Waals surface area contributed by atoms with Crippen LogP contribution in [-0.2, 0) is 0 Å². The Labute approximate surface area is 188 Å². The number of carbonyl (C=O) groups excluding carboxylic acids is 1. The Kier molecular flexibility index (Phi) is 7.27. The van der Waals surface area contributed by atoms with Gasteiger partial charge in [0, 0.05) is 5.30 Å². The molecule has 0 bridgehead atoms. The molecule has 0 fully saturated rings. The van der Waals surface area contributed by atoms with E-state index in [4.69, 9.17) is 9.47 Å². The first-order chi connectivity index (χ1) is 15.8. The van der Waals surface area contributed by atoms with Crippen LogP contribution in [0, 0.1) is 0 Å². The lowest BCUT2D eigenvalue weighted by Crippen LogP contribution is -2.23. The summed E-state index contributed by atoms with van der Waals surface area (Å²) in [5.41, 5.74) is 0.399. The minimum absolute atomic E-state index is 0.0142. The van der Waals surface area contributed by atoms with Gasteiger partial charge in [-0.25, -0.2) is 9.18 Å². The monoisotopic (exact) mass is 443 g/mol. The van der Waals surface area contributed by atoms with Crippen molar-refractivity contribution in [3.05, 3.63) is 115 Å². The van der Waals surface area contributed by atoms with Crippen molar-refractivity contribution >= 4 is 29.8 Å². The maximum atomic E-state index is 12.9. The van der Waals surface area contributed by atoms with Crippen LogP contribution >= 0.6 is 7.92 Å². The van der Waals surface area contributed by atoms with E-state index < -0.39 is 20.6 Å². The smallest absolute Gasteiger partial charge is 0.343 e. The van der Waals surface area contributed by atoms with Gasteiger partial charge in [0.25, 0.3) is 0 Å². The molecule has 160 valence electrons. The van der Waals surface area contributed by atoms with Crippen LogP contribution in [-0.4, -0.2) is 19.3 Å². The van der Waals surface area contributed by atoms with Crippen LogP contribution < -0.4 is 25.4 Å². The van der Waals surface area contributed by atoms with Gasteiger partial charge in [-0.3, -0.25) is 0 Å². The minimum atomic E-state index is -0.911. The van der Waals surface area contributed by atoms with Crippen molar-refractivity contribution in [3.63, 3.8) is 0 Å². The van der Waals surface area contributed by atoms with Crippen LogP contribution in [0.2, 0.25) is 0 Å². The highest BCUT2D eigenvalue weighted by Crippen LogP contribution is 2.36. The van der Waals surface area contributed by atoms with Crippen molar-refractivity contribution in [2.75, 3.05) is 13.3 Å². The average molecular weight is 443 g/mol. The fourth-order valence-electron chi connectivity index (χ4n) is 3.31. The molecule has 0 atom stereocenters. The van der Waals surface area contributed by atoms with Crippen molar-refractivity contribution in [2.24, 2.45) is 0 Å². The van der Waals surface area contributed by atoms with Gasteiger partial charge in [0.2, 0.25) is 0 Å². The number of hydrogen-bond acceptors (Lipinski definition) is 3. The van der Waals surface area contributed by atoms with Gasteiger partial charge in [0.05, 0.1) is 5.56 Å². The highest BCUT2D eigenvalue weighted by Gasteiger charge is 2.21. The van der Waals surface area contributed by atoms with E-state index in [-0.39, 0.29) is 6.61 Å². The van der Waals surface area contributed by atoms with Gasteiger partial charge in [-0.15, -0.1) is 0 Å². The Balaban J connectivity index is 1.65. The summed E-state index contributed by atoms with van der Waals surface area (Å²) >= 11 is 0. The standard InChI is InChI=1S/C27H22FO3P/c28-19-20-30-22-17-15-21(16-18-22)27(29)31-25-13-7-8-14-26(25)32(23-9-3-1-4-10-23)24-11-5-2-6-12-24/h1-18H,19-20H2/i28-1. The number of benzene rings is 4. The quantitative estimate of drug-likeness (QED) is 0.218. The lowest BCUT2D eigenvalue weighted by Gasteiger charge is -2.21. The SMILES string of the molecule is O=C(Oc1ccccc1P(c1ccccc1)c1ccccc1)c1ccc(OCC[18F])cc1. The third-order valence-electron chi connectivity index (χ3n) is 4.77. The van der Waals surface area contributed by atoms with E-state index in [0.29, 0.717) is 17.1 Å². The zero-order valence-electron chi connectivity index (χ0n) is 17.4. The summed E-state index contributed by atoms with van der Waals surface area (Å²) in [6, 6.07) is 34.7. The topological polar surface area (TPSA) is 35.5 Å². The van der Waals surface area contributed by atoms with Crippen LogP contribution in [0.15, 0.2) is 109 Å². The van der Waals surface area contributed by atoms with Crippen molar-refractivity contribution in [3.8, 4) is 11.5 Å². The average Bonchev–Trinajstić information content (AvgIpc) is 2.85. The Morgan fingerprint density at radius 3 is 1.88 bits per heavy atom. The number of rotatable bonds is 8. The van der Waals surface area contributed by atoms with Crippen LogP contribution in [0.1, 0.15) is 10.4 Å². The van der Waals surface area contributed by atoms with Gasteiger partial charge in [-0.2, -0.15) is 0 Å². The molecule has 0 aliphatic heterocycles. The molecule has 0 aromatic heterocycles. The van der Waals surface area contributed by atoms with Crippen molar-refractivity contribution < 1.29 is 18.7 Å². The summed E-state index contributed by atoms with van der Waals surface area (Å²) in [4.78, 5) is 12.9. The van der Waals surface area contributed by atoms with Crippen LogP contribution in [0.3, 0.4) is 0 Å². The molecular formula is C27H22FO3P. The van der Waals surface area contributed by atoms with E-state index in [1.807, 2.05) is 60.7 Å². The number of hydrogen-bond donors (Lipinski definition) is 0. The lowest BCUT2D eigenvalue weighted by molar-refractivity contribution is 0.0736. The van der Waals surface area contributed by atoms with Gasteiger partial charge in [0.1, 0.15) is 24.8 Å². The van der Waals surface area contributed by atoms with Gasteiger partial charge in [-0.05, 0) is 48.9 Å². The Morgan fingerprint density at radius 2 is 1.28 bits per heavy atom. The molecule has 0 spiro atoms. The Hall–Kier alpha value is -3.49. The van der Waals surface area contributed by atoms with E-state index in [0.717, 1.165) is 5.30 Å². The molecule has 0 radical (unpaired) electrons. The number of halogens is 1. The maximum Gasteiger partial charge on any atom is 0.343 e. The van der Waals surface area contributed by atoms with Crippen molar-refractivity contribution in [1.29, 1.82) is 0 Å². The molecule has 4 aromatic rings. The van der Waals surface area contributed by atoms with Crippen molar-refractivity contribution in [1.82, 2.24) is 0 Å². The van der Waals surface area contributed by atoms with E-state index in [9.17, 15) is 9.18 Å². The fourth-order valence-corrected chi connectivity index (χ4v) is 5.68. The summed E-state index contributed by atoms with van der Waals surface area (Å²) in [6.07, 6.45) is 0. The zero-order valence-corrected chi connectivity index (χ0v) is 18.3. The predicted octanol–water partition coefficient (Wildman–Crippen LogP) is 5.01. The summed E-state index contributed by atoms with van der Waals surface area (Å²) < 4.78 is 23.4. The molecule has 32 heavy (non-hydrogen) atoms. The fraction of sp³-hybridized carbons (Fsp3) is 0.0741. The number of para-hydroxylation sites is 1. The van der Waals surface area contributed by atoms with Crippen molar-refractivity contribution in [2.45, 2.75) is 0 Å². The highest BCUT2D eigenvalue weighted by atomic mass is 31.1.